The van der Waals surface area contributed by atoms with Crippen molar-refractivity contribution in [2.75, 3.05) is 32.5 Å². The van der Waals surface area contributed by atoms with Crippen molar-refractivity contribution < 1.29 is 22.4 Å². The maximum Gasteiger partial charge on any atom is 0.259 e. The van der Waals surface area contributed by atoms with E-state index in [9.17, 15) is 22.4 Å². The molecule has 0 saturated carbocycles. The molecule has 0 unspecified atom stereocenters. The number of nitrogens with one attached hydrogen (secondary N) is 1. The molecular weight excluding hydrogens is 431 g/mol. The summed E-state index contributed by atoms with van der Waals surface area (Å²) in [6.07, 6.45) is 1.38. The van der Waals surface area contributed by atoms with E-state index in [0.29, 0.717) is 12.8 Å². The van der Waals surface area contributed by atoms with Crippen molar-refractivity contribution in [3.8, 4) is 0 Å². The zero-order valence-electron chi connectivity index (χ0n) is 16.6. The Kier molecular flexibility index (Phi) is 6.56. The van der Waals surface area contributed by atoms with Gasteiger partial charge in [-0.15, -0.1) is 11.3 Å². The second-order valence-electron chi connectivity index (χ2n) is 7.16. The van der Waals surface area contributed by atoms with Crippen LogP contribution in [0.4, 0.5) is 9.39 Å². The van der Waals surface area contributed by atoms with Gasteiger partial charge in [0.1, 0.15) is 15.0 Å². The van der Waals surface area contributed by atoms with E-state index in [2.05, 4.69) is 10.2 Å². The molecule has 2 heterocycles. The fourth-order valence-corrected chi connectivity index (χ4v) is 6.25. The van der Waals surface area contributed by atoms with Crippen molar-refractivity contribution in [2.45, 2.75) is 23.1 Å². The minimum Gasteiger partial charge on any atom is -0.366 e. The van der Waals surface area contributed by atoms with Gasteiger partial charge in [0.25, 0.3) is 21.8 Å². The highest BCUT2D eigenvalue weighted by Gasteiger charge is 2.33. The van der Waals surface area contributed by atoms with Gasteiger partial charge in [-0.1, -0.05) is 12.1 Å². The van der Waals surface area contributed by atoms with Crippen LogP contribution in [-0.4, -0.2) is 62.7 Å². The molecule has 11 heteroatoms. The van der Waals surface area contributed by atoms with E-state index in [-0.39, 0.29) is 26.4 Å². The molecule has 0 aliphatic carbocycles. The van der Waals surface area contributed by atoms with Crippen LogP contribution in [0.15, 0.2) is 34.5 Å². The molecule has 2 aromatic rings. The molecule has 1 fully saturated rings. The van der Waals surface area contributed by atoms with Crippen molar-refractivity contribution in [2.24, 2.45) is 5.73 Å². The first-order valence-corrected chi connectivity index (χ1v) is 11.5. The smallest absolute Gasteiger partial charge is 0.259 e. The summed E-state index contributed by atoms with van der Waals surface area (Å²) in [7, 11) is -0.413. The Balaban J connectivity index is 1.89. The van der Waals surface area contributed by atoms with Crippen LogP contribution in [-0.2, 0) is 10.0 Å². The highest BCUT2D eigenvalue weighted by Crippen LogP contribution is 2.34. The van der Waals surface area contributed by atoms with E-state index >= 15 is 0 Å². The normalized spacial score (nSPS) is 16.0. The molecule has 2 amide bonds. The molecule has 8 nitrogen and oxygen atoms in total. The maximum atomic E-state index is 13.9. The van der Waals surface area contributed by atoms with Gasteiger partial charge >= 0.3 is 0 Å². The third-order valence-electron chi connectivity index (χ3n) is 5.16. The lowest BCUT2D eigenvalue weighted by atomic mass is 10.1. The zero-order valence-corrected chi connectivity index (χ0v) is 18.2. The first kappa shape index (κ1) is 22.3. The van der Waals surface area contributed by atoms with Crippen LogP contribution in [0.2, 0.25) is 0 Å². The van der Waals surface area contributed by atoms with Crippen LogP contribution in [0, 0.1) is 5.82 Å². The molecule has 1 aliphatic heterocycles. The number of piperidine rings is 1. The lowest BCUT2D eigenvalue weighted by Crippen LogP contribution is -2.44. The third kappa shape index (κ3) is 4.53. The van der Waals surface area contributed by atoms with E-state index in [4.69, 9.17) is 5.73 Å². The van der Waals surface area contributed by atoms with Crippen LogP contribution in [0.5, 0.6) is 0 Å². The molecule has 0 bridgehead atoms. The quantitative estimate of drug-likeness (QED) is 0.693. The molecule has 1 aliphatic rings. The predicted octanol–water partition coefficient (Wildman–Crippen LogP) is 1.95. The molecule has 3 rings (SSSR count). The van der Waals surface area contributed by atoms with Crippen molar-refractivity contribution in [3.05, 3.63) is 47.3 Å². The predicted molar refractivity (Wildman–Crippen MR) is 113 cm³/mol. The number of primary amides is 1. The van der Waals surface area contributed by atoms with Gasteiger partial charge in [-0.25, -0.2) is 12.8 Å². The SMILES string of the molecule is CN1CCC(N(C)S(=O)(=O)c2cc(C(N)=O)c(NC(=O)c3ccccc3F)s2)CC1. The van der Waals surface area contributed by atoms with E-state index < -0.39 is 27.7 Å². The van der Waals surface area contributed by atoms with E-state index in [1.807, 2.05) is 7.05 Å². The number of carbonyl (C=O) groups excluding carboxylic acids is 2. The number of anilines is 1. The number of hydrogen-bond donors (Lipinski definition) is 2. The minimum atomic E-state index is -3.90. The standard InChI is InChI=1S/C19H23FN4O4S2/c1-23-9-7-12(8-10-23)24(2)30(27,28)16-11-14(17(21)25)19(29-16)22-18(26)13-5-3-4-6-15(13)20/h3-6,11-12H,7-10H2,1-2H3,(H2,21,25)(H,22,26). The monoisotopic (exact) mass is 454 g/mol. The summed E-state index contributed by atoms with van der Waals surface area (Å²) in [6, 6.07) is 6.34. The number of halogens is 1. The highest BCUT2D eigenvalue weighted by molar-refractivity contribution is 7.91. The Hall–Kier alpha value is -2.34. The number of sulfonamides is 1. The number of benzene rings is 1. The summed E-state index contributed by atoms with van der Waals surface area (Å²) in [4.78, 5) is 26.4. The molecule has 0 spiro atoms. The zero-order chi connectivity index (χ0) is 22.1. The minimum absolute atomic E-state index is 0.0360. The summed E-state index contributed by atoms with van der Waals surface area (Å²) in [5.74, 6) is -2.43. The highest BCUT2D eigenvalue weighted by atomic mass is 32.2. The number of thiophene rings is 1. The van der Waals surface area contributed by atoms with Gasteiger partial charge in [0.15, 0.2) is 0 Å². The van der Waals surface area contributed by atoms with E-state index in [0.717, 1.165) is 36.6 Å². The lowest BCUT2D eigenvalue weighted by molar-refractivity contribution is 0.100. The number of amides is 2. The Morgan fingerprint density at radius 1 is 1.23 bits per heavy atom. The van der Waals surface area contributed by atoms with Crippen molar-refractivity contribution in [1.29, 1.82) is 0 Å². The molecule has 0 radical (unpaired) electrons. The molecule has 1 aromatic carbocycles. The second kappa shape index (κ2) is 8.80. The van der Waals surface area contributed by atoms with Crippen molar-refractivity contribution >= 4 is 38.2 Å². The number of carbonyl (C=O) groups is 2. The Morgan fingerprint density at radius 3 is 2.47 bits per heavy atom. The number of rotatable bonds is 6. The summed E-state index contributed by atoms with van der Waals surface area (Å²) < 4.78 is 41.3. The van der Waals surface area contributed by atoms with Crippen molar-refractivity contribution in [3.63, 3.8) is 0 Å². The fourth-order valence-electron chi connectivity index (χ4n) is 3.28. The average Bonchev–Trinajstić information content (AvgIpc) is 3.13. The number of hydrogen-bond acceptors (Lipinski definition) is 6. The van der Waals surface area contributed by atoms with Crippen LogP contribution in [0.25, 0.3) is 0 Å². The first-order valence-electron chi connectivity index (χ1n) is 9.27. The van der Waals surface area contributed by atoms with Gasteiger partial charge < -0.3 is 16.0 Å². The largest absolute Gasteiger partial charge is 0.366 e. The van der Waals surface area contributed by atoms with Crippen molar-refractivity contribution in [1.82, 2.24) is 9.21 Å². The van der Waals surface area contributed by atoms with Gasteiger partial charge in [0.05, 0.1) is 11.1 Å². The Morgan fingerprint density at radius 2 is 1.87 bits per heavy atom. The van der Waals surface area contributed by atoms with Crippen LogP contribution in [0.1, 0.15) is 33.6 Å². The number of nitrogens with zero attached hydrogens (tertiary/aromatic N) is 2. The van der Waals surface area contributed by atoms with Crippen LogP contribution in [0.3, 0.4) is 0 Å². The van der Waals surface area contributed by atoms with Crippen LogP contribution < -0.4 is 11.1 Å². The second-order valence-corrected chi connectivity index (χ2v) is 10.4. The van der Waals surface area contributed by atoms with E-state index in [1.165, 1.54) is 29.6 Å². The van der Waals surface area contributed by atoms with Gasteiger partial charge in [-0.3, -0.25) is 9.59 Å². The van der Waals surface area contributed by atoms with Gasteiger partial charge in [-0.05, 0) is 51.2 Å². The fraction of sp³-hybridized carbons (Fsp3) is 0.368. The van der Waals surface area contributed by atoms with Crippen LogP contribution >= 0.6 is 11.3 Å². The Bertz CT molecular complexity index is 1060. The number of nitrogens with two attached hydrogens (primary N) is 1. The molecule has 1 saturated heterocycles. The summed E-state index contributed by atoms with van der Waals surface area (Å²) in [5, 5.41) is 2.38. The number of likely N-dealkylation sites (tertiary alicyclic amines) is 1. The molecule has 1 aromatic heterocycles. The van der Waals surface area contributed by atoms with Gasteiger partial charge in [0, 0.05) is 13.1 Å². The molecule has 3 N–H and O–H groups in total. The maximum absolute atomic E-state index is 13.9. The average molecular weight is 455 g/mol. The summed E-state index contributed by atoms with van der Waals surface area (Å²) in [5.41, 5.74) is 5.01. The summed E-state index contributed by atoms with van der Waals surface area (Å²) >= 11 is 0.721. The first-order chi connectivity index (χ1) is 14.1. The van der Waals surface area contributed by atoms with Gasteiger partial charge in [-0.2, -0.15) is 4.31 Å². The molecule has 0 atom stereocenters. The van der Waals surface area contributed by atoms with Gasteiger partial charge in [0.2, 0.25) is 0 Å². The van der Waals surface area contributed by atoms with E-state index in [1.54, 1.807) is 0 Å². The molecule has 162 valence electrons. The Labute approximate surface area is 178 Å². The third-order valence-corrected chi connectivity index (χ3v) is 8.57. The topological polar surface area (TPSA) is 113 Å². The lowest BCUT2D eigenvalue weighted by Gasteiger charge is -2.34. The molecule has 30 heavy (non-hydrogen) atoms. The molecular formula is C19H23FN4O4S2. The summed E-state index contributed by atoms with van der Waals surface area (Å²) in [6.45, 7) is 1.57.